The predicted molar refractivity (Wildman–Crippen MR) is 69.2 cm³/mol. The minimum Gasteiger partial charge on any atom is -0.397 e. The first-order chi connectivity index (χ1) is 8.66. The molecule has 0 fully saturated rings. The van der Waals surface area contributed by atoms with Crippen LogP contribution in [0.25, 0.3) is 0 Å². The molecule has 18 heavy (non-hydrogen) atoms. The van der Waals surface area contributed by atoms with Crippen LogP contribution in [-0.4, -0.2) is 27.6 Å². The van der Waals surface area contributed by atoms with Crippen LogP contribution in [0.15, 0.2) is 18.5 Å². The maximum atomic E-state index is 11.7. The van der Waals surface area contributed by atoms with Crippen molar-refractivity contribution < 1.29 is 4.79 Å². The third kappa shape index (κ3) is 2.91. The van der Waals surface area contributed by atoms with Gasteiger partial charge in [-0.3, -0.25) is 9.89 Å². The lowest BCUT2D eigenvalue weighted by molar-refractivity contribution is 0.0949. The molecule has 96 valence electrons. The monoisotopic (exact) mass is 247 g/mol. The topological polar surface area (TPSA) is 99.6 Å². The van der Waals surface area contributed by atoms with Gasteiger partial charge in [0.1, 0.15) is 5.69 Å². The Morgan fingerprint density at radius 2 is 2.39 bits per heavy atom. The molecule has 2 aromatic heterocycles. The number of rotatable bonds is 5. The van der Waals surface area contributed by atoms with Gasteiger partial charge in [-0.05, 0) is 31.4 Å². The molecule has 5 N–H and O–H groups in total. The van der Waals surface area contributed by atoms with Crippen molar-refractivity contribution in [1.29, 1.82) is 0 Å². The van der Waals surface area contributed by atoms with Gasteiger partial charge < -0.3 is 16.0 Å². The Balaban J connectivity index is 1.73. The van der Waals surface area contributed by atoms with Gasteiger partial charge in [0.15, 0.2) is 0 Å². The van der Waals surface area contributed by atoms with Gasteiger partial charge in [-0.25, -0.2) is 0 Å². The second-order valence-corrected chi connectivity index (χ2v) is 4.23. The summed E-state index contributed by atoms with van der Waals surface area (Å²) in [6, 6.07) is 1.62. The molecule has 2 rings (SSSR count). The van der Waals surface area contributed by atoms with Crippen molar-refractivity contribution >= 4 is 11.6 Å². The normalized spacial score (nSPS) is 10.5. The van der Waals surface area contributed by atoms with Crippen molar-refractivity contribution in [2.45, 2.75) is 19.8 Å². The summed E-state index contributed by atoms with van der Waals surface area (Å²) in [6.07, 6.45) is 5.20. The molecule has 1 amide bonds. The van der Waals surface area contributed by atoms with Crippen molar-refractivity contribution in [3.63, 3.8) is 0 Å². The molecule has 0 saturated carbocycles. The highest BCUT2D eigenvalue weighted by atomic mass is 16.1. The third-order valence-corrected chi connectivity index (χ3v) is 2.79. The minimum atomic E-state index is -0.129. The molecular weight excluding hydrogens is 230 g/mol. The Bertz CT molecular complexity index is 528. The number of aryl methyl sites for hydroxylation is 2. The number of nitrogens with one attached hydrogen (secondary N) is 3. The first-order valence-corrected chi connectivity index (χ1v) is 5.88. The number of H-pyrrole nitrogens is 2. The Morgan fingerprint density at radius 1 is 1.56 bits per heavy atom. The number of amides is 1. The molecular formula is C12H17N5O. The number of carbonyl (C=O) groups excluding carboxylic acids is 1. The molecule has 0 spiro atoms. The Morgan fingerprint density at radius 3 is 3.00 bits per heavy atom. The van der Waals surface area contributed by atoms with E-state index in [0.29, 0.717) is 17.9 Å². The van der Waals surface area contributed by atoms with Gasteiger partial charge in [0, 0.05) is 24.1 Å². The number of hydrogen-bond donors (Lipinski definition) is 4. The molecule has 0 aliphatic carbocycles. The highest BCUT2D eigenvalue weighted by molar-refractivity contribution is 5.93. The fourth-order valence-corrected chi connectivity index (χ4v) is 1.75. The predicted octanol–water partition coefficient (Wildman–Crippen LogP) is 0.991. The van der Waals surface area contributed by atoms with Crippen molar-refractivity contribution in [3.8, 4) is 0 Å². The zero-order chi connectivity index (χ0) is 13.0. The summed E-state index contributed by atoms with van der Waals surface area (Å²) in [5, 5.41) is 9.68. The van der Waals surface area contributed by atoms with Crippen molar-refractivity contribution in [3.05, 3.63) is 35.4 Å². The van der Waals surface area contributed by atoms with Crippen LogP contribution < -0.4 is 11.1 Å². The molecule has 0 aliphatic rings. The van der Waals surface area contributed by atoms with Crippen molar-refractivity contribution in [2.24, 2.45) is 0 Å². The SMILES string of the molecule is Cc1[nH]ncc1CCCNC(=O)c1cc(N)c[nH]1. The molecule has 0 saturated heterocycles. The number of aromatic nitrogens is 3. The minimum absolute atomic E-state index is 0.129. The van der Waals surface area contributed by atoms with E-state index in [2.05, 4.69) is 20.5 Å². The molecule has 0 aliphatic heterocycles. The van der Waals surface area contributed by atoms with Crippen LogP contribution >= 0.6 is 0 Å². The smallest absolute Gasteiger partial charge is 0.267 e. The first-order valence-electron chi connectivity index (χ1n) is 5.88. The van der Waals surface area contributed by atoms with E-state index in [1.54, 1.807) is 12.3 Å². The Labute approximate surface area is 105 Å². The maximum absolute atomic E-state index is 11.7. The summed E-state index contributed by atoms with van der Waals surface area (Å²) < 4.78 is 0. The summed E-state index contributed by atoms with van der Waals surface area (Å²) in [6.45, 7) is 2.62. The van der Waals surface area contributed by atoms with Crippen LogP contribution in [0.5, 0.6) is 0 Å². The number of nitrogens with zero attached hydrogens (tertiary/aromatic N) is 1. The van der Waals surface area contributed by atoms with E-state index < -0.39 is 0 Å². The Kier molecular flexibility index (Phi) is 3.66. The van der Waals surface area contributed by atoms with E-state index in [4.69, 9.17) is 5.73 Å². The molecule has 2 aromatic rings. The van der Waals surface area contributed by atoms with E-state index in [1.165, 1.54) is 5.56 Å². The van der Waals surface area contributed by atoms with Gasteiger partial charge in [0.2, 0.25) is 0 Å². The number of anilines is 1. The van der Waals surface area contributed by atoms with Crippen molar-refractivity contribution in [1.82, 2.24) is 20.5 Å². The molecule has 0 atom stereocenters. The fourth-order valence-electron chi connectivity index (χ4n) is 1.75. The highest BCUT2D eigenvalue weighted by Gasteiger charge is 2.06. The average molecular weight is 247 g/mol. The summed E-state index contributed by atoms with van der Waals surface area (Å²) in [5.74, 6) is -0.129. The quantitative estimate of drug-likeness (QED) is 0.593. The average Bonchev–Trinajstić information content (AvgIpc) is 2.94. The molecule has 0 radical (unpaired) electrons. The van der Waals surface area contributed by atoms with Crippen molar-refractivity contribution in [2.75, 3.05) is 12.3 Å². The van der Waals surface area contributed by atoms with E-state index >= 15 is 0 Å². The third-order valence-electron chi connectivity index (χ3n) is 2.79. The maximum Gasteiger partial charge on any atom is 0.267 e. The number of nitrogen functional groups attached to an aromatic ring is 1. The largest absolute Gasteiger partial charge is 0.397 e. The van der Waals surface area contributed by atoms with Gasteiger partial charge in [-0.1, -0.05) is 0 Å². The van der Waals surface area contributed by atoms with Crippen LogP contribution in [0.3, 0.4) is 0 Å². The van der Waals surface area contributed by atoms with Crippen LogP contribution in [0.1, 0.15) is 28.2 Å². The number of carbonyl (C=O) groups is 1. The lowest BCUT2D eigenvalue weighted by atomic mass is 10.1. The molecule has 6 heteroatoms. The molecule has 0 bridgehead atoms. The molecule has 0 aromatic carbocycles. The Hall–Kier alpha value is -2.24. The van der Waals surface area contributed by atoms with Gasteiger partial charge >= 0.3 is 0 Å². The van der Waals surface area contributed by atoms with Gasteiger partial charge in [0.25, 0.3) is 5.91 Å². The standard InChI is InChI=1S/C12H17N5O/c1-8-9(6-16-17-8)3-2-4-14-12(18)11-5-10(13)7-15-11/h5-7,15H,2-4,13H2,1H3,(H,14,18)(H,16,17). The summed E-state index contributed by atoms with van der Waals surface area (Å²) in [4.78, 5) is 14.5. The van der Waals surface area contributed by atoms with Gasteiger partial charge in [0.05, 0.1) is 6.20 Å². The second-order valence-electron chi connectivity index (χ2n) is 4.23. The number of hydrogen-bond acceptors (Lipinski definition) is 3. The summed E-state index contributed by atoms with van der Waals surface area (Å²) >= 11 is 0. The summed E-state index contributed by atoms with van der Waals surface area (Å²) in [5.41, 5.74) is 8.86. The van der Waals surface area contributed by atoms with E-state index in [1.807, 2.05) is 13.1 Å². The van der Waals surface area contributed by atoms with Crippen LogP contribution in [0, 0.1) is 6.92 Å². The van der Waals surface area contributed by atoms with Gasteiger partial charge in [-0.15, -0.1) is 0 Å². The zero-order valence-corrected chi connectivity index (χ0v) is 10.3. The van der Waals surface area contributed by atoms with Crippen LogP contribution in [0.4, 0.5) is 5.69 Å². The zero-order valence-electron chi connectivity index (χ0n) is 10.3. The van der Waals surface area contributed by atoms with Gasteiger partial charge in [-0.2, -0.15) is 5.10 Å². The fraction of sp³-hybridized carbons (Fsp3) is 0.333. The molecule has 0 unspecified atom stereocenters. The lowest BCUT2D eigenvalue weighted by Crippen LogP contribution is -2.25. The van der Waals surface area contributed by atoms with E-state index in [0.717, 1.165) is 18.5 Å². The second kappa shape index (κ2) is 5.39. The number of nitrogens with two attached hydrogens (primary N) is 1. The van der Waals surface area contributed by atoms with E-state index in [-0.39, 0.29) is 5.91 Å². The van der Waals surface area contributed by atoms with Crippen LogP contribution in [-0.2, 0) is 6.42 Å². The summed E-state index contributed by atoms with van der Waals surface area (Å²) in [7, 11) is 0. The lowest BCUT2D eigenvalue weighted by Gasteiger charge is -2.03. The number of aromatic amines is 2. The molecule has 2 heterocycles. The first kappa shape index (κ1) is 12.2. The highest BCUT2D eigenvalue weighted by Crippen LogP contribution is 2.06. The molecule has 6 nitrogen and oxygen atoms in total. The van der Waals surface area contributed by atoms with E-state index in [9.17, 15) is 4.79 Å². The van der Waals surface area contributed by atoms with Crippen LogP contribution in [0.2, 0.25) is 0 Å².